The lowest BCUT2D eigenvalue weighted by Gasteiger charge is -2.25. The van der Waals surface area contributed by atoms with Crippen LogP contribution in [0.1, 0.15) is 20.3 Å². The third-order valence-corrected chi connectivity index (χ3v) is 2.97. The van der Waals surface area contributed by atoms with E-state index in [0.717, 1.165) is 19.5 Å². The van der Waals surface area contributed by atoms with Gasteiger partial charge in [0, 0.05) is 25.2 Å². The number of hydrogen-bond donors (Lipinski definition) is 3. The maximum Gasteiger partial charge on any atom is 0.117 e. The highest BCUT2D eigenvalue weighted by Crippen LogP contribution is 1.97. The van der Waals surface area contributed by atoms with E-state index in [9.17, 15) is 5.11 Å². The van der Waals surface area contributed by atoms with Gasteiger partial charge in [-0.15, -0.1) is 0 Å². The molecule has 0 spiro atoms. The summed E-state index contributed by atoms with van der Waals surface area (Å²) in [4.78, 5) is 4.34. The Balaban J connectivity index is 3.72. The standard InChI is InChI=1S/C13H32N4O/c1-11(15-12(2)9-16(4)5)7-8-17(6)10-13(18)14-3/h11-15,18H,7-10H2,1-6H3/t11-,12?,13?/m1/s1. The first-order valence-corrected chi connectivity index (χ1v) is 6.79. The van der Waals surface area contributed by atoms with Gasteiger partial charge in [0.25, 0.3) is 0 Å². The number of likely N-dealkylation sites (N-methyl/N-ethyl adjacent to an activating group) is 3. The molecule has 5 nitrogen and oxygen atoms in total. The van der Waals surface area contributed by atoms with Crippen molar-refractivity contribution in [2.24, 2.45) is 0 Å². The SMILES string of the molecule is CNC(O)CN(C)CC[C@@H](C)NC(C)CN(C)C. The first-order valence-electron chi connectivity index (χ1n) is 6.79. The highest BCUT2D eigenvalue weighted by Gasteiger charge is 2.10. The van der Waals surface area contributed by atoms with E-state index in [1.54, 1.807) is 7.05 Å². The van der Waals surface area contributed by atoms with E-state index in [0.29, 0.717) is 18.6 Å². The summed E-state index contributed by atoms with van der Waals surface area (Å²) in [6.45, 7) is 7.14. The molecule has 110 valence electrons. The lowest BCUT2D eigenvalue weighted by atomic mass is 10.2. The predicted molar refractivity (Wildman–Crippen MR) is 77.8 cm³/mol. The van der Waals surface area contributed by atoms with Crippen LogP contribution in [-0.2, 0) is 0 Å². The van der Waals surface area contributed by atoms with Crippen molar-refractivity contribution in [2.45, 2.75) is 38.6 Å². The summed E-state index contributed by atoms with van der Waals surface area (Å²) in [6, 6.07) is 0.998. The molecule has 2 unspecified atom stereocenters. The van der Waals surface area contributed by atoms with Gasteiger partial charge in [0.15, 0.2) is 0 Å². The van der Waals surface area contributed by atoms with E-state index in [1.807, 2.05) is 7.05 Å². The molecule has 0 saturated heterocycles. The van der Waals surface area contributed by atoms with Crippen LogP contribution in [0.2, 0.25) is 0 Å². The van der Waals surface area contributed by atoms with Crippen molar-refractivity contribution < 1.29 is 5.11 Å². The molecule has 0 bridgehead atoms. The monoisotopic (exact) mass is 260 g/mol. The van der Waals surface area contributed by atoms with Crippen LogP contribution in [0.4, 0.5) is 0 Å². The second kappa shape index (κ2) is 9.69. The average Bonchev–Trinajstić information content (AvgIpc) is 2.24. The smallest absolute Gasteiger partial charge is 0.117 e. The number of hydrogen-bond acceptors (Lipinski definition) is 5. The summed E-state index contributed by atoms with van der Waals surface area (Å²) in [5.41, 5.74) is 0. The van der Waals surface area contributed by atoms with Gasteiger partial charge in [-0.2, -0.15) is 0 Å². The molecule has 18 heavy (non-hydrogen) atoms. The Kier molecular flexibility index (Phi) is 9.59. The van der Waals surface area contributed by atoms with Gasteiger partial charge in [0.2, 0.25) is 0 Å². The van der Waals surface area contributed by atoms with Crippen LogP contribution in [0.3, 0.4) is 0 Å². The topological polar surface area (TPSA) is 50.8 Å². The molecular weight excluding hydrogens is 228 g/mol. The molecule has 0 heterocycles. The van der Waals surface area contributed by atoms with Crippen LogP contribution >= 0.6 is 0 Å². The van der Waals surface area contributed by atoms with E-state index in [2.05, 4.69) is 48.4 Å². The van der Waals surface area contributed by atoms with Crippen molar-refractivity contribution in [3.63, 3.8) is 0 Å². The largest absolute Gasteiger partial charge is 0.377 e. The molecule has 0 radical (unpaired) electrons. The van der Waals surface area contributed by atoms with Gasteiger partial charge in [0.1, 0.15) is 6.23 Å². The molecule has 0 aliphatic rings. The minimum Gasteiger partial charge on any atom is -0.377 e. The van der Waals surface area contributed by atoms with Crippen molar-refractivity contribution in [2.75, 3.05) is 47.8 Å². The lowest BCUT2D eigenvalue weighted by Crippen LogP contribution is -2.43. The van der Waals surface area contributed by atoms with Crippen LogP contribution in [0, 0.1) is 0 Å². The van der Waals surface area contributed by atoms with E-state index in [-0.39, 0.29) is 0 Å². The van der Waals surface area contributed by atoms with Crippen molar-refractivity contribution >= 4 is 0 Å². The van der Waals surface area contributed by atoms with E-state index in [4.69, 9.17) is 0 Å². The van der Waals surface area contributed by atoms with Crippen LogP contribution in [-0.4, -0.2) is 81.0 Å². The summed E-state index contributed by atoms with van der Waals surface area (Å²) in [6.07, 6.45) is 0.649. The van der Waals surface area contributed by atoms with Gasteiger partial charge in [-0.1, -0.05) is 0 Å². The molecule has 3 N–H and O–H groups in total. The Morgan fingerprint density at radius 2 is 1.67 bits per heavy atom. The summed E-state index contributed by atoms with van der Waals surface area (Å²) >= 11 is 0. The fraction of sp³-hybridized carbons (Fsp3) is 1.00. The fourth-order valence-corrected chi connectivity index (χ4v) is 2.06. The molecule has 5 heteroatoms. The quantitative estimate of drug-likeness (QED) is 0.474. The minimum absolute atomic E-state index is 0.439. The molecular formula is C13H32N4O. The van der Waals surface area contributed by atoms with Crippen molar-refractivity contribution in [1.82, 2.24) is 20.4 Å². The molecule has 0 aromatic rings. The van der Waals surface area contributed by atoms with Gasteiger partial charge >= 0.3 is 0 Å². The van der Waals surface area contributed by atoms with Gasteiger partial charge in [-0.05, 0) is 55.0 Å². The fourth-order valence-electron chi connectivity index (χ4n) is 2.06. The number of aliphatic hydroxyl groups is 1. The Hall–Kier alpha value is -0.200. The third kappa shape index (κ3) is 9.79. The number of aliphatic hydroxyl groups excluding tert-OH is 1. The van der Waals surface area contributed by atoms with E-state index < -0.39 is 6.23 Å². The van der Waals surface area contributed by atoms with Gasteiger partial charge in [-0.25, -0.2) is 0 Å². The molecule has 0 aliphatic carbocycles. The summed E-state index contributed by atoms with van der Waals surface area (Å²) < 4.78 is 0. The second-order valence-electron chi connectivity index (χ2n) is 5.59. The molecule has 0 aromatic heterocycles. The Morgan fingerprint density at radius 1 is 1.06 bits per heavy atom. The maximum atomic E-state index is 9.46. The highest BCUT2D eigenvalue weighted by atomic mass is 16.3. The van der Waals surface area contributed by atoms with Crippen molar-refractivity contribution in [3.05, 3.63) is 0 Å². The predicted octanol–water partition coefficient (Wildman–Crippen LogP) is -0.226. The molecule has 0 aromatic carbocycles. The minimum atomic E-state index is -0.439. The second-order valence-corrected chi connectivity index (χ2v) is 5.59. The average molecular weight is 260 g/mol. The van der Waals surface area contributed by atoms with Crippen LogP contribution in [0.5, 0.6) is 0 Å². The zero-order valence-electron chi connectivity index (χ0n) is 12.9. The van der Waals surface area contributed by atoms with Crippen LogP contribution in [0.25, 0.3) is 0 Å². The molecule has 0 saturated carbocycles. The molecule has 0 amide bonds. The Bertz CT molecular complexity index is 201. The Morgan fingerprint density at radius 3 is 2.17 bits per heavy atom. The van der Waals surface area contributed by atoms with E-state index in [1.165, 1.54) is 0 Å². The summed E-state index contributed by atoms with van der Waals surface area (Å²) in [5, 5.41) is 15.9. The zero-order valence-corrected chi connectivity index (χ0v) is 12.9. The molecule has 0 aliphatic heterocycles. The lowest BCUT2D eigenvalue weighted by molar-refractivity contribution is 0.101. The highest BCUT2D eigenvalue weighted by molar-refractivity contribution is 4.71. The van der Waals surface area contributed by atoms with Gasteiger partial charge in [0.05, 0.1) is 0 Å². The van der Waals surface area contributed by atoms with Crippen LogP contribution < -0.4 is 10.6 Å². The summed E-state index contributed by atoms with van der Waals surface area (Å²) in [5.74, 6) is 0. The van der Waals surface area contributed by atoms with Crippen LogP contribution in [0.15, 0.2) is 0 Å². The molecule has 0 fully saturated rings. The number of rotatable bonds is 10. The summed E-state index contributed by atoms with van der Waals surface area (Å²) in [7, 11) is 7.99. The van der Waals surface area contributed by atoms with Gasteiger partial charge in [-0.3, -0.25) is 5.32 Å². The normalized spacial score (nSPS) is 17.2. The van der Waals surface area contributed by atoms with Crippen molar-refractivity contribution in [1.29, 1.82) is 0 Å². The number of nitrogens with one attached hydrogen (secondary N) is 2. The molecule has 3 atom stereocenters. The first-order chi connectivity index (χ1) is 8.35. The molecule has 0 rings (SSSR count). The third-order valence-electron chi connectivity index (χ3n) is 2.97. The zero-order chi connectivity index (χ0) is 14.1. The van der Waals surface area contributed by atoms with Gasteiger partial charge < -0.3 is 20.2 Å². The van der Waals surface area contributed by atoms with E-state index >= 15 is 0 Å². The maximum absolute atomic E-state index is 9.46. The number of nitrogens with zero attached hydrogens (tertiary/aromatic N) is 2. The van der Waals surface area contributed by atoms with Crippen molar-refractivity contribution in [3.8, 4) is 0 Å². The Labute approximate surface area is 113 Å². The first kappa shape index (κ1) is 17.8.